The third kappa shape index (κ3) is 2.14. The number of aromatic carboxylic acids is 1. The van der Waals surface area contributed by atoms with Gasteiger partial charge in [-0.25, -0.2) is 4.90 Å². The first-order valence-corrected chi connectivity index (χ1v) is 6.91. The number of para-hydroxylation sites is 1. The molecule has 1 fully saturated rings. The van der Waals surface area contributed by atoms with E-state index in [0.717, 1.165) is 4.90 Å². The number of rotatable bonds is 2. The minimum absolute atomic E-state index is 0.0676. The number of hydrogen-bond donors (Lipinski definition) is 0. The standard InChI is InChI=1S/C15H12ClNO4/c16-8-5-6-9-11(7-8)14(19)17(13(9)18)12-4-2-1-3-10(12)15(20)21/h1-5,9,11H,6-7H2,(H,20,21)/p-1/t9-,11-/m0/s1. The van der Waals surface area contributed by atoms with E-state index in [2.05, 4.69) is 0 Å². The zero-order chi connectivity index (χ0) is 15.1. The number of amides is 2. The molecule has 2 atom stereocenters. The molecule has 2 aliphatic rings. The van der Waals surface area contributed by atoms with Crippen LogP contribution in [0.2, 0.25) is 0 Å². The van der Waals surface area contributed by atoms with E-state index in [0.29, 0.717) is 17.9 Å². The fourth-order valence-corrected chi connectivity index (χ4v) is 3.16. The van der Waals surface area contributed by atoms with Gasteiger partial charge < -0.3 is 9.90 Å². The molecule has 0 bridgehead atoms. The van der Waals surface area contributed by atoms with Crippen molar-refractivity contribution in [3.63, 3.8) is 0 Å². The number of hydrogen-bond acceptors (Lipinski definition) is 4. The zero-order valence-corrected chi connectivity index (χ0v) is 11.7. The summed E-state index contributed by atoms with van der Waals surface area (Å²) in [6.07, 6.45) is 2.46. The highest BCUT2D eigenvalue weighted by Gasteiger charge is 2.49. The van der Waals surface area contributed by atoms with Crippen LogP contribution in [0.15, 0.2) is 35.4 Å². The third-order valence-corrected chi connectivity index (χ3v) is 4.24. The number of halogens is 1. The molecule has 108 valence electrons. The van der Waals surface area contributed by atoms with Crippen LogP contribution in [0.5, 0.6) is 0 Å². The highest BCUT2D eigenvalue weighted by atomic mass is 35.5. The Morgan fingerprint density at radius 1 is 1.19 bits per heavy atom. The lowest BCUT2D eigenvalue weighted by Gasteiger charge is -2.19. The molecule has 3 rings (SSSR count). The Hall–Kier alpha value is -2.14. The number of carbonyl (C=O) groups excluding carboxylic acids is 3. The Kier molecular flexibility index (Phi) is 3.29. The molecule has 1 heterocycles. The van der Waals surface area contributed by atoms with Crippen molar-refractivity contribution in [3.8, 4) is 0 Å². The van der Waals surface area contributed by atoms with E-state index in [1.165, 1.54) is 18.2 Å². The number of benzene rings is 1. The van der Waals surface area contributed by atoms with Crippen LogP contribution in [0.4, 0.5) is 5.69 Å². The van der Waals surface area contributed by atoms with Crippen molar-refractivity contribution < 1.29 is 19.5 Å². The van der Waals surface area contributed by atoms with Gasteiger partial charge in [0.25, 0.3) is 0 Å². The molecule has 6 heteroatoms. The van der Waals surface area contributed by atoms with Gasteiger partial charge in [0.1, 0.15) is 0 Å². The van der Waals surface area contributed by atoms with Crippen LogP contribution in [-0.4, -0.2) is 17.8 Å². The van der Waals surface area contributed by atoms with Crippen LogP contribution in [0.25, 0.3) is 0 Å². The van der Waals surface area contributed by atoms with Gasteiger partial charge in [0.2, 0.25) is 11.8 Å². The van der Waals surface area contributed by atoms with Gasteiger partial charge >= 0.3 is 0 Å². The zero-order valence-electron chi connectivity index (χ0n) is 10.9. The lowest BCUT2D eigenvalue weighted by molar-refractivity contribution is -0.254. The van der Waals surface area contributed by atoms with Gasteiger partial charge in [0.15, 0.2) is 0 Å². The molecule has 2 amide bonds. The third-order valence-electron chi connectivity index (χ3n) is 3.93. The van der Waals surface area contributed by atoms with E-state index >= 15 is 0 Å². The summed E-state index contributed by atoms with van der Waals surface area (Å²) in [6, 6.07) is 5.85. The average Bonchev–Trinajstić information content (AvgIpc) is 2.70. The van der Waals surface area contributed by atoms with Gasteiger partial charge in [-0.15, -0.1) is 0 Å². The predicted molar refractivity (Wildman–Crippen MR) is 73.4 cm³/mol. The quantitative estimate of drug-likeness (QED) is 0.766. The molecule has 1 aliphatic carbocycles. The van der Waals surface area contributed by atoms with Crippen molar-refractivity contribution in [1.29, 1.82) is 0 Å². The van der Waals surface area contributed by atoms with Crippen molar-refractivity contribution in [3.05, 3.63) is 40.9 Å². The monoisotopic (exact) mass is 304 g/mol. The van der Waals surface area contributed by atoms with Gasteiger partial charge in [-0.3, -0.25) is 9.59 Å². The molecule has 0 spiro atoms. The Morgan fingerprint density at radius 3 is 2.57 bits per heavy atom. The molecule has 1 aromatic carbocycles. The first-order valence-electron chi connectivity index (χ1n) is 6.53. The van der Waals surface area contributed by atoms with E-state index in [9.17, 15) is 19.5 Å². The summed E-state index contributed by atoms with van der Waals surface area (Å²) in [7, 11) is 0. The number of anilines is 1. The van der Waals surface area contributed by atoms with E-state index in [-0.39, 0.29) is 17.2 Å². The first kappa shape index (κ1) is 13.8. The van der Waals surface area contributed by atoms with Crippen LogP contribution < -0.4 is 10.0 Å². The number of carbonyl (C=O) groups is 3. The largest absolute Gasteiger partial charge is 0.545 e. The van der Waals surface area contributed by atoms with Crippen LogP contribution >= 0.6 is 11.6 Å². The summed E-state index contributed by atoms with van der Waals surface area (Å²) in [5, 5.41) is 11.7. The highest BCUT2D eigenvalue weighted by molar-refractivity contribution is 6.31. The molecule has 1 aliphatic heterocycles. The number of nitrogens with zero attached hydrogens (tertiary/aromatic N) is 1. The van der Waals surface area contributed by atoms with Crippen molar-refractivity contribution in [1.82, 2.24) is 0 Å². The smallest absolute Gasteiger partial charge is 0.238 e. The van der Waals surface area contributed by atoms with Crippen LogP contribution in [0, 0.1) is 11.8 Å². The van der Waals surface area contributed by atoms with Crippen molar-refractivity contribution in [2.24, 2.45) is 11.8 Å². The van der Waals surface area contributed by atoms with E-state index in [4.69, 9.17) is 11.6 Å². The molecule has 0 unspecified atom stereocenters. The van der Waals surface area contributed by atoms with Crippen LogP contribution in [0.1, 0.15) is 23.2 Å². The van der Waals surface area contributed by atoms with Gasteiger partial charge in [-0.05, 0) is 18.9 Å². The normalized spacial score (nSPS) is 24.8. The number of carboxylic acids is 1. The number of fused-ring (bicyclic) bond motifs is 1. The molecule has 21 heavy (non-hydrogen) atoms. The molecule has 0 N–H and O–H groups in total. The molecule has 0 aromatic heterocycles. The Balaban J connectivity index is 2.04. The molecule has 0 radical (unpaired) electrons. The topological polar surface area (TPSA) is 77.5 Å². The number of carboxylic acid groups (broad SMARTS) is 1. The molecule has 0 saturated carbocycles. The summed E-state index contributed by atoms with van der Waals surface area (Å²) in [4.78, 5) is 37.1. The summed E-state index contributed by atoms with van der Waals surface area (Å²) in [5.41, 5.74) is -0.102. The maximum Gasteiger partial charge on any atom is 0.238 e. The molecular formula is C15H11ClNO4-. The van der Waals surface area contributed by atoms with Gasteiger partial charge in [-0.2, -0.15) is 0 Å². The lowest BCUT2D eigenvalue weighted by Crippen LogP contribution is -2.34. The summed E-state index contributed by atoms with van der Waals surface area (Å²) < 4.78 is 0. The number of allylic oxidation sites excluding steroid dienone is 2. The molecule has 1 saturated heterocycles. The molecule has 5 nitrogen and oxygen atoms in total. The predicted octanol–water partition coefficient (Wildman–Crippen LogP) is 1.07. The van der Waals surface area contributed by atoms with Crippen molar-refractivity contribution in [2.75, 3.05) is 4.90 Å². The summed E-state index contributed by atoms with van der Waals surface area (Å²) >= 11 is 5.95. The summed E-state index contributed by atoms with van der Waals surface area (Å²) in [5.74, 6) is -3.17. The summed E-state index contributed by atoms with van der Waals surface area (Å²) in [6.45, 7) is 0. The average molecular weight is 305 g/mol. The van der Waals surface area contributed by atoms with Gasteiger partial charge in [0.05, 0.1) is 23.5 Å². The fraction of sp³-hybridized carbons (Fsp3) is 0.267. The Labute approximate surface area is 125 Å². The second-order valence-corrected chi connectivity index (χ2v) is 5.61. The first-order chi connectivity index (χ1) is 10.0. The Morgan fingerprint density at radius 2 is 1.86 bits per heavy atom. The minimum Gasteiger partial charge on any atom is -0.545 e. The van der Waals surface area contributed by atoms with Crippen LogP contribution in [0.3, 0.4) is 0 Å². The highest BCUT2D eigenvalue weighted by Crippen LogP contribution is 2.41. The molecule has 1 aromatic rings. The number of imide groups is 1. The van der Waals surface area contributed by atoms with Crippen LogP contribution in [-0.2, 0) is 9.59 Å². The van der Waals surface area contributed by atoms with Gasteiger partial charge in [0, 0.05) is 10.6 Å². The minimum atomic E-state index is -1.42. The lowest BCUT2D eigenvalue weighted by atomic mass is 9.85. The maximum atomic E-state index is 12.5. The van der Waals surface area contributed by atoms with Gasteiger partial charge in [-0.1, -0.05) is 35.9 Å². The van der Waals surface area contributed by atoms with Crippen molar-refractivity contribution >= 4 is 35.1 Å². The second kappa shape index (κ2) is 5.00. The molecular weight excluding hydrogens is 294 g/mol. The van der Waals surface area contributed by atoms with E-state index in [1.54, 1.807) is 12.1 Å². The fourth-order valence-electron chi connectivity index (χ4n) is 2.91. The van der Waals surface area contributed by atoms with E-state index < -0.39 is 23.7 Å². The maximum absolute atomic E-state index is 12.5. The second-order valence-electron chi connectivity index (χ2n) is 5.12. The van der Waals surface area contributed by atoms with E-state index in [1.807, 2.05) is 0 Å². The Bertz CT molecular complexity index is 682. The van der Waals surface area contributed by atoms with Crippen molar-refractivity contribution in [2.45, 2.75) is 12.8 Å². The SMILES string of the molecule is O=C([O-])c1ccccc1N1C(=O)[C@H]2CC=C(Cl)C[C@@H]2C1=O.